The maximum absolute atomic E-state index is 12.6. The van der Waals surface area contributed by atoms with Crippen molar-refractivity contribution in [1.29, 1.82) is 0 Å². The van der Waals surface area contributed by atoms with Gasteiger partial charge in [0.2, 0.25) is 0 Å². The Bertz CT molecular complexity index is 1010. The lowest BCUT2D eigenvalue weighted by Gasteiger charge is -2.21. The highest BCUT2D eigenvalue weighted by atomic mass is 16.5. The van der Waals surface area contributed by atoms with Crippen LogP contribution in [-0.4, -0.2) is 37.6 Å². The van der Waals surface area contributed by atoms with E-state index in [2.05, 4.69) is 12.0 Å². The van der Waals surface area contributed by atoms with Gasteiger partial charge in [0, 0.05) is 20.0 Å². The molecule has 2 aromatic rings. The van der Waals surface area contributed by atoms with Crippen LogP contribution in [-0.2, 0) is 24.8 Å². The van der Waals surface area contributed by atoms with Crippen molar-refractivity contribution in [3.8, 4) is 11.6 Å². The number of carboxylic acids is 1. The zero-order valence-electron chi connectivity index (χ0n) is 19.3. The van der Waals surface area contributed by atoms with Gasteiger partial charge in [0.05, 0.1) is 6.61 Å². The molecule has 0 fully saturated rings. The highest BCUT2D eigenvalue weighted by molar-refractivity contribution is 5.76. The number of carbonyl (C=O) groups is 1. The Kier molecular flexibility index (Phi) is 9.04. The summed E-state index contributed by atoms with van der Waals surface area (Å²) in [4.78, 5) is 36.1. The summed E-state index contributed by atoms with van der Waals surface area (Å²) in [5.74, 6) is -0.696. The van der Waals surface area contributed by atoms with Gasteiger partial charge < -0.3 is 14.6 Å². The largest absolute Gasteiger partial charge is 0.478 e. The minimum atomic E-state index is -1.32. The summed E-state index contributed by atoms with van der Waals surface area (Å²) in [6.45, 7) is 5.65. The average Bonchev–Trinajstić information content (AvgIpc) is 2.74. The molecule has 0 aliphatic heterocycles. The van der Waals surface area contributed by atoms with Crippen LogP contribution in [0.3, 0.4) is 0 Å². The predicted molar refractivity (Wildman–Crippen MR) is 120 cm³/mol. The molecule has 1 aromatic heterocycles. The minimum Gasteiger partial charge on any atom is -0.478 e. The first kappa shape index (κ1) is 25.2. The molecule has 0 spiro atoms. The van der Waals surface area contributed by atoms with Crippen LogP contribution in [0.5, 0.6) is 11.6 Å². The summed E-state index contributed by atoms with van der Waals surface area (Å²) in [6.07, 6.45) is 5.57. The number of carboxylic acid groups (broad SMARTS) is 1. The van der Waals surface area contributed by atoms with Crippen molar-refractivity contribution in [2.24, 2.45) is 7.05 Å². The van der Waals surface area contributed by atoms with Crippen LogP contribution in [0, 0.1) is 0 Å². The van der Waals surface area contributed by atoms with Crippen LogP contribution in [0.15, 0.2) is 33.9 Å². The molecule has 1 N–H and O–H groups in total. The van der Waals surface area contributed by atoms with Gasteiger partial charge in [-0.15, -0.1) is 5.10 Å². The van der Waals surface area contributed by atoms with Crippen LogP contribution in [0.4, 0.5) is 0 Å². The lowest BCUT2D eigenvalue weighted by Crippen LogP contribution is -2.41. The van der Waals surface area contributed by atoms with Crippen LogP contribution < -0.4 is 20.7 Å². The summed E-state index contributed by atoms with van der Waals surface area (Å²) >= 11 is 0. The van der Waals surface area contributed by atoms with Gasteiger partial charge in [-0.05, 0) is 38.0 Å². The van der Waals surface area contributed by atoms with Gasteiger partial charge in [-0.1, -0.05) is 44.7 Å². The third kappa shape index (κ3) is 6.96. The first-order valence-corrected chi connectivity index (χ1v) is 11.0. The molecule has 0 unspecified atom stereocenters. The van der Waals surface area contributed by atoms with E-state index in [0.717, 1.165) is 42.3 Å². The number of hydrogen-bond acceptors (Lipinski definition) is 6. The third-order valence-electron chi connectivity index (χ3n) is 5.10. The quantitative estimate of drug-likeness (QED) is 0.470. The maximum Gasteiger partial charge on any atom is 0.347 e. The van der Waals surface area contributed by atoms with E-state index in [9.17, 15) is 14.4 Å². The molecule has 0 saturated carbocycles. The molecule has 0 atom stereocenters. The van der Waals surface area contributed by atoms with Crippen molar-refractivity contribution in [2.75, 3.05) is 6.61 Å². The number of aryl methyl sites for hydroxylation is 1. The van der Waals surface area contributed by atoms with Gasteiger partial charge in [-0.25, -0.2) is 14.3 Å². The Labute approximate surface area is 187 Å². The Balaban J connectivity index is 1.97. The predicted octanol–water partition coefficient (Wildman–Crippen LogP) is 2.78. The summed E-state index contributed by atoms with van der Waals surface area (Å²) in [5.41, 5.74) is -1.36. The van der Waals surface area contributed by atoms with E-state index >= 15 is 0 Å². The van der Waals surface area contributed by atoms with Crippen LogP contribution in [0.2, 0.25) is 0 Å². The third-order valence-corrected chi connectivity index (χ3v) is 5.10. The highest BCUT2D eigenvalue weighted by Gasteiger charge is 2.29. The number of nitrogens with zero attached hydrogens (tertiary/aromatic N) is 3. The second-order valence-corrected chi connectivity index (χ2v) is 8.24. The second kappa shape index (κ2) is 11.5. The minimum absolute atomic E-state index is 0.0937. The number of aromatic nitrogens is 3. The monoisotopic (exact) mass is 447 g/mol. The number of hydrogen-bond donors (Lipinski definition) is 1. The molecule has 0 aliphatic carbocycles. The Morgan fingerprint density at radius 3 is 2.38 bits per heavy atom. The van der Waals surface area contributed by atoms with Crippen molar-refractivity contribution >= 4 is 5.97 Å². The lowest BCUT2D eigenvalue weighted by molar-refractivity contribution is -0.152. The SMILES string of the molecule is CCCCCCCn1c(=O)c(OCCc2ccc(OC(C)(C)C(=O)O)cc2)nn(C)c1=O. The van der Waals surface area contributed by atoms with Crippen molar-refractivity contribution in [2.45, 2.75) is 71.4 Å². The van der Waals surface area contributed by atoms with Crippen LogP contribution in [0.1, 0.15) is 58.4 Å². The fourth-order valence-corrected chi connectivity index (χ4v) is 3.09. The van der Waals surface area contributed by atoms with Gasteiger partial charge >= 0.3 is 17.2 Å². The molecule has 32 heavy (non-hydrogen) atoms. The zero-order valence-corrected chi connectivity index (χ0v) is 19.3. The summed E-state index contributed by atoms with van der Waals surface area (Å²) in [5, 5.41) is 13.1. The molecule has 2 rings (SSSR count). The molecule has 0 amide bonds. The van der Waals surface area contributed by atoms with Crippen molar-refractivity contribution < 1.29 is 19.4 Å². The molecule has 1 aromatic carbocycles. The number of aliphatic carboxylic acids is 1. The average molecular weight is 448 g/mol. The van der Waals surface area contributed by atoms with E-state index in [-0.39, 0.29) is 12.5 Å². The van der Waals surface area contributed by atoms with E-state index in [0.29, 0.717) is 18.7 Å². The Morgan fingerprint density at radius 2 is 1.75 bits per heavy atom. The van der Waals surface area contributed by atoms with Gasteiger partial charge in [0.1, 0.15) is 5.75 Å². The first-order valence-electron chi connectivity index (χ1n) is 11.0. The maximum atomic E-state index is 12.6. The van der Waals surface area contributed by atoms with Gasteiger partial charge in [0.25, 0.3) is 5.88 Å². The second-order valence-electron chi connectivity index (χ2n) is 8.24. The lowest BCUT2D eigenvalue weighted by atomic mass is 10.1. The van der Waals surface area contributed by atoms with E-state index in [4.69, 9.17) is 14.6 Å². The summed E-state index contributed by atoms with van der Waals surface area (Å²) in [6, 6.07) is 6.99. The fourth-order valence-electron chi connectivity index (χ4n) is 3.09. The first-order chi connectivity index (χ1) is 15.2. The van der Waals surface area contributed by atoms with Crippen molar-refractivity contribution in [3.05, 3.63) is 50.7 Å². The molecule has 0 saturated heterocycles. The highest BCUT2D eigenvalue weighted by Crippen LogP contribution is 2.19. The van der Waals surface area contributed by atoms with Crippen molar-refractivity contribution in [1.82, 2.24) is 14.3 Å². The fraction of sp³-hybridized carbons (Fsp3) is 0.565. The summed E-state index contributed by atoms with van der Waals surface area (Å²) in [7, 11) is 1.50. The smallest absolute Gasteiger partial charge is 0.347 e. The van der Waals surface area contributed by atoms with Gasteiger partial charge in [-0.3, -0.25) is 9.36 Å². The Hall–Kier alpha value is -3.10. The number of benzene rings is 1. The van der Waals surface area contributed by atoms with Gasteiger partial charge in [-0.2, -0.15) is 0 Å². The topological polar surface area (TPSA) is 113 Å². The molecule has 9 nitrogen and oxygen atoms in total. The molecular weight excluding hydrogens is 414 g/mol. The number of unbranched alkanes of at least 4 members (excludes halogenated alkanes) is 4. The molecule has 9 heteroatoms. The number of rotatable bonds is 13. The van der Waals surface area contributed by atoms with E-state index in [1.807, 2.05) is 0 Å². The van der Waals surface area contributed by atoms with Gasteiger partial charge in [0.15, 0.2) is 5.60 Å². The standard InChI is InChI=1S/C23H33N3O6/c1-5-6-7-8-9-15-26-20(27)19(24-25(4)22(26)30)31-16-14-17-10-12-18(13-11-17)32-23(2,3)21(28)29/h10-13H,5-9,14-16H2,1-4H3,(H,28,29). The molecule has 0 bridgehead atoms. The van der Waals surface area contributed by atoms with Crippen LogP contribution >= 0.6 is 0 Å². The van der Waals surface area contributed by atoms with Crippen molar-refractivity contribution in [3.63, 3.8) is 0 Å². The zero-order chi connectivity index (χ0) is 23.7. The van der Waals surface area contributed by atoms with Crippen LogP contribution in [0.25, 0.3) is 0 Å². The number of ether oxygens (including phenoxy) is 2. The Morgan fingerprint density at radius 1 is 1.09 bits per heavy atom. The molecule has 0 aliphatic rings. The summed E-state index contributed by atoms with van der Waals surface area (Å²) < 4.78 is 13.4. The normalized spacial score (nSPS) is 11.4. The molecule has 176 valence electrons. The molecule has 0 radical (unpaired) electrons. The van der Waals surface area contributed by atoms with E-state index < -0.39 is 22.8 Å². The molecule has 1 heterocycles. The van der Waals surface area contributed by atoms with E-state index in [1.54, 1.807) is 24.3 Å². The molecular formula is C23H33N3O6. The van der Waals surface area contributed by atoms with E-state index in [1.165, 1.54) is 25.5 Å².